The fourth-order valence-electron chi connectivity index (χ4n) is 3.41. The van der Waals surface area contributed by atoms with Crippen LogP contribution in [0.25, 0.3) is 22.0 Å². The number of alkyl halides is 1. The Morgan fingerprint density at radius 1 is 1.36 bits per heavy atom. The first-order valence-electron chi connectivity index (χ1n) is 8.19. The van der Waals surface area contributed by atoms with Crippen molar-refractivity contribution in [3.63, 3.8) is 0 Å². The summed E-state index contributed by atoms with van der Waals surface area (Å²) in [6.45, 7) is -0.785. The Morgan fingerprint density at radius 3 is 2.61 bits per heavy atom. The Morgan fingerprint density at radius 2 is 2.04 bits per heavy atom. The number of carboxylic acids is 1. The number of carbonyl (C=O) groups is 1. The van der Waals surface area contributed by atoms with Crippen LogP contribution in [0.1, 0.15) is 15.7 Å². The highest BCUT2D eigenvalue weighted by Gasteiger charge is 2.37. The van der Waals surface area contributed by atoms with E-state index in [-0.39, 0.29) is 27.2 Å². The first kappa shape index (κ1) is 18.3. The van der Waals surface area contributed by atoms with Crippen molar-refractivity contribution in [1.29, 1.82) is 0 Å². The van der Waals surface area contributed by atoms with Crippen molar-refractivity contribution in [3.8, 4) is 16.9 Å². The van der Waals surface area contributed by atoms with Gasteiger partial charge >= 0.3 is 5.97 Å². The molecule has 0 spiro atoms. The van der Waals surface area contributed by atoms with Crippen LogP contribution in [0.3, 0.4) is 0 Å². The number of nitrogens with two attached hydrogens (primary N) is 1. The van der Waals surface area contributed by atoms with Crippen LogP contribution < -0.4 is 15.9 Å². The zero-order chi connectivity index (χ0) is 20.2. The maximum absolute atomic E-state index is 15.0. The van der Waals surface area contributed by atoms with E-state index in [2.05, 4.69) is 0 Å². The molecule has 9 heteroatoms. The number of thioether (sulfide) groups is 1. The topological polar surface area (TPSA) is 94.6 Å². The van der Waals surface area contributed by atoms with Crippen LogP contribution in [0.2, 0.25) is 0 Å². The lowest BCUT2D eigenvalue weighted by Crippen LogP contribution is -2.30. The number of anilines is 1. The van der Waals surface area contributed by atoms with Crippen LogP contribution >= 0.6 is 11.8 Å². The Bertz CT molecular complexity index is 1190. The van der Waals surface area contributed by atoms with Crippen LogP contribution in [-0.4, -0.2) is 29.4 Å². The molecule has 1 aromatic heterocycles. The van der Waals surface area contributed by atoms with Gasteiger partial charge in [-0.1, -0.05) is 23.9 Å². The van der Waals surface area contributed by atoms with E-state index >= 15 is 4.39 Å². The third-order valence-corrected chi connectivity index (χ3v) is 5.87. The third-order valence-electron chi connectivity index (χ3n) is 4.64. The monoisotopic (exact) mass is 404 g/mol. The number of rotatable bonds is 4. The second kappa shape index (κ2) is 6.52. The van der Waals surface area contributed by atoms with Gasteiger partial charge in [0.2, 0.25) is 5.43 Å². The van der Waals surface area contributed by atoms with Crippen molar-refractivity contribution in [2.45, 2.75) is 10.4 Å². The average molecular weight is 404 g/mol. The van der Waals surface area contributed by atoms with Gasteiger partial charge in [0.05, 0.1) is 28.6 Å². The highest BCUT2D eigenvalue weighted by molar-refractivity contribution is 8.00. The van der Waals surface area contributed by atoms with Gasteiger partial charge in [0.25, 0.3) is 0 Å². The summed E-state index contributed by atoms with van der Waals surface area (Å²) >= 11 is 0.951. The fraction of sp³-hybridized carbons (Fsp3) is 0.158. The predicted octanol–water partition coefficient (Wildman–Crippen LogP) is 3.67. The summed E-state index contributed by atoms with van der Waals surface area (Å²) in [6, 6.07) is 7.37. The van der Waals surface area contributed by atoms with Crippen LogP contribution in [0, 0.1) is 5.82 Å². The van der Waals surface area contributed by atoms with E-state index in [9.17, 15) is 19.1 Å². The van der Waals surface area contributed by atoms with Crippen molar-refractivity contribution < 1.29 is 23.4 Å². The Labute approximate surface area is 161 Å². The standard InChI is InChI=1S/C19H14F2N2O4S/c1-27-17-13(8-2-4-9(22)5-3-8)11(21)6-10-15(17)23-12(7-20)28-18(23)14(16(10)24)19(25)26/h2-6,12H,7,22H2,1H3,(H,25,26). The summed E-state index contributed by atoms with van der Waals surface area (Å²) in [5, 5.41) is 8.65. The second-order valence-corrected chi connectivity index (χ2v) is 7.36. The van der Waals surface area contributed by atoms with E-state index in [1.807, 2.05) is 0 Å². The van der Waals surface area contributed by atoms with Gasteiger partial charge in [-0.05, 0) is 23.8 Å². The maximum Gasteiger partial charge on any atom is 0.342 e. The number of methoxy groups -OCH3 is 1. The fourth-order valence-corrected chi connectivity index (χ4v) is 4.52. The highest BCUT2D eigenvalue weighted by Crippen LogP contribution is 2.50. The molecule has 0 radical (unpaired) electrons. The average Bonchev–Trinajstić information content (AvgIpc) is 2.64. The van der Waals surface area contributed by atoms with Gasteiger partial charge in [-0.25, -0.2) is 13.6 Å². The summed E-state index contributed by atoms with van der Waals surface area (Å²) < 4.78 is 35.3. The molecule has 4 rings (SSSR count). The van der Waals surface area contributed by atoms with Gasteiger partial charge in [0.15, 0.2) is 5.75 Å². The largest absolute Gasteiger partial charge is 0.494 e. The Balaban J connectivity index is 2.17. The molecule has 1 atom stereocenters. The molecule has 2 aromatic carbocycles. The molecule has 1 unspecified atom stereocenters. The third kappa shape index (κ3) is 2.46. The van der Waals surface area contributed by atoms with E-state index in [4.69, 9.17) is 10.5 Å². The first-order chi connectivity index (χ1) is 13.4. The van der Waals surface area contributed by atoms with Gasteiger partial charge in [0, 0.05) is 5.69 Å². The minimum atomic E-state index is -1.44. The molecule has 3 aromatic rings. The molecule has 0 amide bonds. The smallest absolute Gasteiger partial charge is 0.342 e. The van der Waals surface area contributed by atoms with Gasteiger partial charge < -0.3 is 20.1 Å². The number of pyridine rings is 1. The minimum absolute atomic E-state index is 0.0359. The highest BCUT2D eigenvalue weighted by atomic mass is 32.2. The molecule has 1 aliphatic heterocycles. The van der Waals surface area contributed by atoms with E-state index < -0.39 is 34.8 Å². The molecular weight excluding hydrogens is 390 g/mol. The summed E-state index contributed by atoms with van der Waals surface area (Å²) in [4.78, 5) is 24.3. The van der Waals surface area contributed by atoms with Crippen molar-refractivity contribution >= 4 is 34.3 Å². The molecule has 6 nitrogen and oxygen atoms in total. The number of fused-ring (bicyclic) bond motifs is 3. The Kier molecular flexibility index (Phi) is 4.26. The van der Waals surface area contributed by atoms with E-state index in [0.29, 0.717) is 11.3 Å². The number of nitrogens with zero attached hydrogens (tertiary/aromatic N) is 1. The van der Waals surface area contributed by atoms with Crippen molar-refractivity contribution in [1.82, 2.24) is 4.57 Å². The molecule has 0 saturated heterocycles. The second-order valence-electron chi connectivity index (χ2n) is 6.20. The summed E-state index contributed by atoms with van der Waals surface area (Å²) in [6.07, 6.45) is 0. The molecule has 0 aliphatic carbocycles. The maximum atomic E-state index is 15.0. The Hall–Kier alpha value is -3.07. The quantitative estimate of drug-likeness (QED) is 0.645. The molecule has 144 valence electrons. The van der Waals surface area contributed by atoms with Crippen LogP contribution in [0.4, 0.5) is 14.5 Å². The number of halogens is 2. The van der Waals surface area contributed by atoms with E-state index in [1.165, 1.54) is 11.7 Å². The number of benzene rings is 2. The van der Waals surface area contributed by atoms with E-state index in [1.54, 1.807) is 24.3 Å². The lowest BCUT2D eigenvalue weighted by atomic mass is 9.99. The minimum Gasteiger partial charge on any atom is -0.494 e. The lowest BCUT2D eigenvalue weighted by molar-refractivity contribution is 0.0689. The first-order valence-corrected chi connectivity index (χ1v) is 9.07. The van der Waals surface area contributed by atoms with Gasteiger partial charge in [0.1, 0.15) is 23.4 Å². The number of aromatic carboxylic acids is 1. The molecule has 3 N–H and O–H groups in total. The van der Waals surface area contributed by atoms with Crippen molar-refractivity contribution in [3.05, 3.63) is 51.9 Å². The summed E-state index contributed by atoms with van der Waals surface area (Å²) in [7, 11) is 1.31. The zero-order valence-electron chi connectivity index (χ0n) is 14.5. The predicted molar refractivity (Wildman–Crippen MR) is 102 cm³/mol. The number of ether oxygens (including phenoxy) is 1. The van der Waals surface area contributed by atoms with Crippen LogP contribution in [-0.2, 0) is 0 Å². The van der Waals surface area contributed by atoms with E-state index in [0.717, 1.165) is 17.8 Å². The van der Waals surface area contributed by atoms with Gasteiger partial charge in [-0.15, -0.1) is 0 Å². The molecule has 1 aliphatic rings. The van der Waals surface area contributed by atoms with Gasteiger partial charge in [-0.3, -0.25) is 4.79 Å². The van der Waals surface area contributed by atoms with Crippen molar-refractivity contribution in [2.24, 2.45) is 0 Å². The lowest BCUT2D eigenvalue weighted by Gasteiger charge is -2.34. The SMILES string of the molecule is COc1c(-c2ccc(N)cc2)c(F)cc2c(=O)c(C(=O)O)c3n(c12)C(CF)S3. The molecule has 2 heterocycles. The number of hydrogen-bond donors (Lipinski definition) is 2. The molecule has 0 bridgehead atoms. The molecule has 0 fully saturated rings. The summed E-state index contributed by atoms with van der Waals surface area (Å²) in [5.74, 6) is -2.16. The van der Waals surface area contributed by atoms with Gasteiger partial charge in [-0.2, -0.15) is 0 Å². The number of nitrogen functional groups attached to an aromatic ring is 1. The summed E-state index contributed by atoms with van der Waals surface area (Å²) in [5.41, 5.74) is 5.56. The van der Waals surface area contributed by atoms with Crippen LogP contribution in [0.5, 0.6) is 5.75 Å². The number of aromatic nitrogens is 1. The normalized spacial score (nSPS) is 15.2. The number of carboxylic acid groups (broad SMARTS) is 1. The number of hydrogen-bond acceptors (Lipinski definition) is 5. The molecule has 28 heavy (non-hydrogen) atoms. The molecular formula is C19H14F2N2O4S. The van der Waals surface area contributed by atoms with Crippen molar-refractivity contribution in [2.75, 3.05) is 19.5 Å². The van der Waals surface area contributed by atoms with Crippen LogP contribution in [0.15, 0.2) is 40.2 Å². The molecule has 0 saturated carbocycles. The zero-order valence-corrected chi connectivity index (χ0v) is 15.3.